The number of methoxy groups -OCH3 is 3. The predicted molar refractivity (Wildman–Crippen MR) is 233 cm³/mol. The first-order chi connectivity index (χ1) is 27.0. The average Bonchev–Trinajstić information content (AvgIpc) is 4.10. The molecular weight excluding hydrogens is 699 g/mol. The van der Waals surface area contributed by atoms with Crippen molar-refractivity contribution in [1.82, 2.24) is 10.2 Å². The third-order valence-corrected chi connectivity index (χ3v) is 11.8. The lowest BCUT2D eigenvalue weighted by Crippen LogP contribution is -2.45. The van der Waals surface area contributed by atoms with Crippen LogP contribution in [0.5, 0.6) is 17.2 Å². The first-order valence-corrected chi connectivity index (χ1v) is 21.5. The minimum atomic E-state index is 0.459. The summed E-state index contributed by atoms with van der Waals surface area (Å²) in [5, 5.41) is 3.64. The number of benzene rings is 4. The second-order valence-electron chi connectivity index (χ2n) is 14.6. The zero-order valence-corrected chi connectivity index (χ0v) is 34.9. The van der Waals surface area contributed by atoms with Gasteiger partial charge in [0, 0.05) is 60.6 Å². The zero-order valence-electron chi connectivity index (χ0n) is 34.1. The molecule has 0 atom stereocenters. The Morgan fingerprint density at radius 1 is 0.818 bits per heavy atom. The van der Waals surface area contributed by atoms with Gasteiger partial charge in [0.2, 0.25) is 0 Å². The van der Waals surface area contributed by atoms with E-state index in [1.165, 1.54) is 56.8 Å². The summed E-state index contributed by atoms with van der Waals surface area (Å²) < 4.78 is 17.2. The van der Waals surface area contributed by atoms with E-state index in [1.54, 1.807) is 33.1 Å². The molecule has 292 valence electrons. The molecule has 1 saturated heterocycles. The number of ether oxygens (including phenoxy) is 3. The van der Waals surface area contributed by atoms with Gasteiger partial charge in [-0.2, -0.15) is 0 Å². The molecule has 0 spiro atoms. The fraction of sp³-hybridized carbons (Fsp3) is 0.417. The zero-order chi connectivity index (χ0) is 38.7. The van der Waals surface area contributed by atoms with E-state index in [0.717, 1.165) is 86.9 Å². The quantitative estimate of drug-likeness (QED) is 0.121. The van der Waals surface area contributed by atoms with Crippen molar-refractivity contribution >= 4 is 23.1 Å². The fourth-order valence-corrected chi connectivity index (χ4v) is 8.40. The molecule has 4 aromatic carbocycles. The lowest BCUT2D eigenvalue weighted by atomic mass is 9.97. The molecule has 1 aliphatic carbocycles. The second kappa shape index (κ2) is 19.5. The van der Waals surface area contributed by atoms with Crippen LogP contribution in [0.1, 0.15) is 81.0 Å². The Hall–Kier alpha value is -4.33. The standard InChI is InChI=1S/C46H55N3O3S.C2H6/c1-6-8-36-25-39(29-45(51-3)46(36)52-4)44-24-33(17-20-47-44)31-49(40-13-15-43(53-5)16-14-40)41-18-21-48(22-19-41)30-32-9-7-10-35(23-32)38-26-37(34-11-12-34)27-42(28-38)50-2;1-2/h7,9-10,13-17,23-29,34,41,47H,6,8,11-12,18-22,30-31H2,1-5H3;1-2H3. The summed E-state index contributed by atoms with van der Waals surface area (Å²) in [5.74, 6) is 3.27. The molecule has 55 heavy (non-hydrogen) atoms. The van der Waals surface area contributed by atoms with Gasteiger partial charge in [0.15, 0.2) is 11.5 Å². The highest BCUT2D eigenvalue weighted by Gasteiger charge is 2.27. The van der Waals surface area contributed by atoms with Gasteiger partial charge in [0.05, 0.1) is 21.3 Å². The van der Waals surface area contributed by atoms with E-state index in [2.05, 4.69) is 119 Å². The normalized spacial score (nSPS) is 15.9. The van der Waals surface area contributed by atoms with Gasteiger partial charge in [0.1, 0.15) is 5.75 Å². The Labute approximate surface area is 335 Å². The Balaban J connectivity index is 0.00000253. The minimum absolute atomic E-state index is 0.459. The number of nitrogens with one attached hydrogen (secondary N) is 1. The van der Waals surface area contributed by atoms with Gasteiger partial charge in [-0.25, -0.2) is 0 Å². The number of hydrogen-bond donors (Lipinski definition) is 1. The smallest absolute Gasteiger partial charge is 0.163 e. The highest BCUT2D eigenvalue weighted by atomic mass is 32.2. The lowest BCUT2D eigenvalue weighted by Gasteiger charge is -2.40. The van der Waals surface area contributed by atoms with E-state index in [4.69, 9.17) is 14.2 Å². The van der Waals surface area contributed by atoms with Crippen LogP contribution in [0, 0.1) is 0 Å². The number of thioether (sulfide) groups is 1. The molecule has 0 unspecified atom stereocenters. The van der Waals surface area contributed by atoms with Gasteiger partial charge in [0.25, 0.3) is 0 Å². The van der Waals surface area contributed by atoms with Crippen LogP contribution >= 0.6 is 11.8 Å². The van der Waals surface area contributed by atoms with Crippen molar-refractivity contribution in [1.29, 1.82) is 0 Å². The molecule has 6 nitrogen and oxygen atoms in total. The van der Waals surface area contributed by atoms with Gasteiger partial charge in [-0.15, -0.1) is 11.8 Å². The molecule has 0 radical (unpaired) electrons. The van der Waals surface area contributed by atoms with Crippen LogP contribution in [0.4, 0.5) is 5.69 Å². The monoisotopic (exact) mass is 759 g/mol. The SMILES string of the molecule is CC.CCCc1cc(C2=CC(CN(c3ccc(SC)cc3)C3CCN(Cc4cccc(-c5cc(OC)cc(C6CC6)c5)c4)CC3)=CCN2)cc(OC)c1OC. The molecule has 0 bridgehead atoms. The number of hydrogen-bond acceptors (Lipinski definition) is 7. The third-order valence-electron chi connectivity index (χ3n) is 11.0. The van der Waals surface area contributed by atoms with E-state index < -0.39 is 0 Å². The summed E-state index contributed by atoms with van der Waals surface area (Å²) in [6, 6.07) is 29.9. The second-order valence-corrected chi connectivity index (χ2v) is 15.5. The third kappa shape index (κ3) is 10.1. The molecule has 3 aliphatic rings. The van der Waals surface area contributed by atoms with E-state index >= 15 is 0 Å². The van der Waals surface area contributed by atoms with Gasteiger partial charge in [-0.1, -0.05) is 57.5 Å². The topological polar surface area (TPSA) is 46.2 Å². The molecule has 1 N–H and O–H groups in total. The van der Waals surface area contributed by atoms with Crippen LogP contribution < -0.4 is 24.4 Å². The maximum absolute atomic E-state index is 5.78. The summed E-state index contributed by atoms with van der Waals surface area (Å²) in [4.78, 5) is 6.59. The van der Waals surface area contributed by atoms with Gasteiger partial charge >= 0.3 is 0 Å². The van der Waals surface area contributed by atoms with Crippen LogP contribution in [0.2, 0.25) is 0 Å². The number of dihydropyridines is 1. The van der Waals surface area contributed by atoms with E-state index in [9.17, 15) is 0 Å². The van der Waals surface area contributed by atoms with Crippen molar-refractivity contribution in [3.63, 3.8) is 0 Å². The number of rotatable bonds is 15. The molecule has 2 aliphatic heterocycles. The number of anilines is 1. The summed E-state index contributed by atoms with van der Waals surface area (Å²) in [5.41, 5.74) is 11.4. The minimum Gasteiger partial charge on any atom is -0.497 e. The molecule has 2 fully saturated rings. The molecule has 2 heterocycles. The molecular formula is C48H61N3O3S. The Kier molecular flexibility index (Phi) is 14.3. The molecule has 1 saturated carbocycles. The molecule has 7 heteroatoms. The van der Waals surface area contributed by atoms with Gasteiger partial charge in [-0.05, 0) is 138 Å². The Morgan fingerprint density at radius 3 is 2.27 bits per heavy atom. The number of aryl methyl sites for hydroxylation is 1. The highest BCUT2D eigenvalue weighted by molar-refractivity contribution is 7.98. The van der Waals surface area contributed by atoms with Crippen molar-refractivity contribution in [3.05, 3.63) is 119 Å². The van der Waals surface area contributed by atoms with Gasteiger partial charge in [-0.3, -0.25) is 4.90 Å². The number of likely N-dealkylation sites (tertiary alicyclic amines) is 1. The largest absolute Gasteiger partial charge is 0.497 e. The van der Waals surface area contributed by atoms with Crippen molar-refractivity contribution in [2.75, 3.05) is 58.7 Å². The first kappa shape index (κ1) is 40.3. The fourth-order valence-electron chi connectivity index (χ4n) is 7.99. The summed E-state index contributed by atoms with van der Waals surface area (Å²) in [7, 11) is 5.22. The first-order valence-electron chi connectivity index (χ1n) is 20.3. The van der Waals surface area contributed by atoms with Crippen LogP contribution in [0.25, 0.3) is 16.8 Å². The van der Waals surface area contributed by atoms with Crippen LogP contribution in [0.3, 0.4) is 0 Å². The van der Waals surface area contributed by atoms with Crippen LogP contribution in [0.15, 0.2) is 101 Å². The van der Waals surface area contributed by atoms with Crippen molar-refractivity contribution < 1.29 is 14.2 Å². The Morgan fingerprint density at radius 2 is 1.60 bits per heavy atom. The predicted octanol–water partition coefficient (Wildman–Crippen LogP) is 11.0. The van der Waals surface area contributed by atoms with Crippen molar-refractivity contribution in [2.24, 2.45) is 0 Å². The van der Waals surface area contributed by atoms with Crippen LogP contribution in [-0.4, -0.2) is 64.7 Å². The number of nitrogens with zero attached hydrogens (tertiary/aromatic N) is 2. The summed E-state index contributed by atoms with van der Waals surface area (Å²) in [6.07, 6.45) is 13.6. The summed E-state index contributed by atoms with van der Waals surface area (Å²) >= 11 is 1.80. The van der Waals surface area contributed by atoms with E-state index in [0.29, 0.717) is 12.0 Å². The van der Waals surface area contributed by atoms with Crippen molar-refractivity contribution in [3.8, 4) is 28.4 Å². The molecule has 7 rings (SSSR count). The molecule has 0 aromatic heterocycles. The summed E-state index contributed by atoms with van der Waals surface area (Å²) in [6.45, 7) is 11.0. The van der Waals surface area contributed by atoms with E-state index in [1.807, 2.05) is 13.8 Å². The average molecular weight is 760 g/mol. The van der Waals surface area contributed by atoms with Crippen molar-refractivity contribution in [2.45, 2.75) is 82.7 Å². The maximum Gasteiger partial charge on any atom is 0.163 e. The number of piperidine rings is 1. The molecule has 4 aromatic rings. The van der Waals surface area contributed by atoms with Gasteiger partial charge < -0.3 is 24.4 Å². The highest BCUT2D eigenvalue weighted by Crippen LogP contribution is 2.43. The maximum atomic E-state index is 5.78. The van der Waals surface area contributed by atoms with Crippen LogP contribution in [-0.2, 0) is 13.0 Å². The Bertz CT molecular complexity index is 1930. The lowest BCUT2D eigenvalue weighted by molar-refractivity contribution is 0.202. The molecule has 0 amide bonds. The van der Waals surface area contributed by atoms with E-state index in [-0.39, 0.29) is 0 Å².